The van der Waals surface area contributed by atoms with Crippen LogP contribution in [0.1, 0.15) is 27.7 Å². The molecule has 2 heterocycles. The Hall–Kier alpha value is -3.35. The minimum atomic E-state index is -0.777. The van der Waals surface area contributed by atoms with Crippen LogP contribution in [0.2, 0.25) is 0 Å². The molecule has 2 aromatic carbocycles. The standard InChI is InChI=1S/C18H12FNO5/c1-24-13-6-8(2-4-11(13)21)15-14-16(22)10-7-9(19)3-5-12(10)25-17(14)18(23)20-15/h2-7,15,21H,1H3,(H,20,23)/t15-/m0/s1. The molecule has 25 heavy (non-hydrogen) atoms. The molecule has 7 heteroatoms. The van der Waals surface area contributed by atoms with Gasteiger partial charge in [-0.25, -0.2) is 4.39 Å². The van der Waals surface area contributed by atoms with E-state index in [1.54, 1.807) is 6.07 Å². The van der Waals surface area contributed by atoms with Crippen LogP contribution >= 0.6 is 0 Å². The van der Waals surface area contributed by atoms with Gasteiger partial charge in [0.25, 0.3) is 5.91 Å². The lowest BCUT2D eigenvalue weighted by atomic mass is 9.99. The van der Waals surface area contributed by atoms with E-state index in [1.807, 2.05) is 0 Å². The Balaban J connectivity index is 1.96. The van der Waals surface area contributed by atoms with E-state index in [0.29, 0.717) is 5.56 Å². The number of rotatable bonds is 2. The van der Waals surface area contributed by atoms with Gasteiger partial charge in [0.1, 0.15) is 11.4 Å². The number of ether oxygens (including phenoxy) is 1. The Bertz CT molecular complexity index is 1090. The predicted molar refractivity (Wildman–Crippen MR) is 86.4 cm³/mol. The largest absolute Gasteiger partial charge is 0.504 e. The van der Waals surface area contributed by atoms with Crippen LogP contribution in [0, 0.1) is 5.82 Å². The summed E-state index contributed by atoms with van der Waals surface area (Å²) >= 11 is 0. The van der Waals surface area contributed by atoms with Gasteiger partial charge in [-0.15, -0.1) is 0 Å². The van der Waals surface area contributed by atoms with E-state index < -0.39 is 23.2 Å². The highest BCUT2D eigenvalue weighted by molar-refractivity contribution is 5.99. The van der Waals surface area contributed by atoms with E-state index in [-0.39, 0.29) is 33.8 Å². The van der Waals surface area contributed by atoms with Crippen LogP contribution in [0.25, 0.3) is 11.0 Å². The molecule has 0 fully saturated rings. The van der Waals surface area contributed by atoms with Crippen LogP contribution in [-0.2, 0) is 0 Å². The highest BCUT2D eigenvalue weighted by Crippen LogP contribution is 2.35. The third-order valence-electron chi connectivity index (χ3n) is 4.19. The van der Waals surface area contributed by atoms with Crippen molar-refractivity contribution in [1.29, 1.82) is 0 Å². The molecule has 0 bridgehead atoms. The van der Waals surface area contributed by atoms with Crippen molar-refractivity contribution in [3.63, 3.8) is 0 Å². The van der Waals surface area contributed by atoms with Crippen molar-refractivity contribution in [3.8, 4) is 11.5 Å². The number of benzene rings is 2. The van der Waals surface area contributed by atoms with Crippen LogP contribution in [-0.4, -0.2) is 18.1 Å². The van der Waals surface area contributed by atoms with Crippen molar-refractivity contribution in [2.75, 3.05) is 7.11 Å². The summed E-state index contributed by atoms with van der Waals surface area (Å²) in [5.41, 5.74) is 0.302. The molecule has 4 rings (SSSR count). The van der Waals surface area contributed by atoms with E-state index in [2.05, 4.69) is 5.32 Å². The van der Waals surface area contributed by atoms with Gasteiger partial charge >= 0.3 is 0 Å². The summed E-state index contributed by atoms with van der Waals surface area (Å²) < 4.78 is 24.1. The summed E-state index contributed by atoms with van der Waals surface area (Å²) in [7, 11) is 1.39. The van der Waals surface area contributed by atoms with Crippen molar-refractivity contribution >= 4 is 16.9 Å². The zero-order chi connectivity index (χ0) is 17.7. The summed E-state index contributed by atoms with van der Waals surface area (Å²) in [4.78, 5) is 25.1. The van der Waals surface area contributed by atoms with Gasteiger partial charge in [-0.1, -0.05) is 6.07 Å². The zero-order valence-corrected chi connectivity index (χ0v) is 13.0. The molecular formula is C18H12FNO5. The van der Waals surface area contributed by atoms with Crippen molar-refractivity contribution in [3.05, 3.63) is 69.3 Å². The molecule has 2 N–H and O–H groups in total. The highest BCUT2D eigenvalue weighted by atomic mass is 19.1. The monoisotopic (exact) mass is 341 g/mol. The molecule has 1 aliphatic rings. The average Bonchev–Trinajstić information content (AvgIpc) is 2.93. The fraction of sp³-hybridized carbons (Fsp3) is 0.111. The molecule has 1 atom stereocenters. The van der Waals surface area contributed by atoms with Gasteiger partial charge in [0.15, 0.2) is 16.9 Å². The Morgan fingerprint density at radius 1 is 1.20 bits per heavy atom. The lowest BCUT2D eigenvalue weighted by Crippen LogP contribution is -2.22. The molecule has 0 unspecified atom stereocenters. The lowest BCUT2D eigenvalue weighted by Gasteiger charge is -2.13. The van der Waals surface area contributed by atoms with Gasteiger partial charge in [-0.2, -0.15) is 0 Å². The molecule has 1 amide bonds. The fourth-order valence-corrected chi connectivity index (χ4v) is 3.01. The number of nitrogens with one attached hydrogen (secondary N) is 1. The maximum atomic E-state index is 13.5. The molecule has 6 nitrogen and oxygen atoms in total. The van der Waals surface area contributed by atoms with Gasteiger partial charge in [0.2, 0.25) is 5.76 Å². The molecule has 1 aliphatic heterocycles. The van der Waals surface area contributed by atoms with Crippen molar-refractivity contribution in [2.24, 2.45) is 0 Å². The number of phenols is 1. The maximum Gasteiger partial charge on any atom is 0.288 e. The van der Waals surface area contributed by atoms with E-state index in [0.717, 1.165) is 12.1 Å². The number of hydrogen-bond acceptors (Lipinski definition) is 5. The summed E-state index contributed by atoms with van der Waals surface area (Å²) in [6, 6.07) is 7.27. The molecule has 0 radical (unpaired) electrons. The van der Waals surface area contributed by atoms with E-state index in [9.17, 15) is 19.1 Å². The van der Waals surface area contributed by atoms with Gasteiger partial charge in [-0.05, 0) is 35.9 Å². The summed E-state index contributed by atoms with van der Waals surface area (Å²) in [5.74, 6) is -1.06. The Labute approximate surface area is 140 Å². The molecule has 126 valence electrons. The van der Waals surface area contributed by atoms with Crippen LogP contribution in [0.15, 0.2) is 45.6 Å². The fourth-order valence-electron chi connectivity index (χ4n) is 3.01. The smallest absolute Gasteiger partial charge is 0.288 e. The van der Waals surface area contributed by atoms with Crippen molar-refractivity contribution in [2.45, 2.75) is 6.04 Å². The molecule has 0 spiro atoms. The second kappa shape index (κ2) is 5.34. The number of carbonyl (C=O) groups excluding carboxylic acids is 1. The van der Waals surface area contributed by atoms with Gasteiger partial charge in [0.05, 0.1) is 24.1 Å². The minimum Gasteiger partial charge on any atom is -0.504 e. The molecular weight excluding hydrogens is 329 g/mol. The van der Waals surface area contributed by atoms with Gasteiger partial charge in [0, 0.05) is 0 Å². The summed E-state index contributed by atoms with van der Waals surface area (Å²) in [5, 5.41) is 12.5. The number of carbonyl (C=O) groups is 1. The second-order valence-corrected chi connectivity index (χ2v) is 5.65. The number of halogens is 1. The topological polar surface area (TPSA) is 88.8 Å². The van der Waals surface area contributed by atoms with Crippen LogP contribution in [0.3, 0.4) is 0 Å². The van der Waals surface area contributed by atoms with Crippen LogP contribution in [0.5, 0.6) is 11.5 Å². The van der Waals surface area contributed by atoms with Gasteiger partial charge in [-0.3, -0.25) is 9.59 Å². The minimum absolute atomic E-state index is 0.0611. The van der Waals surface area contributed by atoms with Gasteiger partial charge < -0.3 is 19.6 Å². The first-order valence-electron chi connectivity index (χ1n) is 7.43. The maximum absolute atomic E-state index is 13.5. The van der Waals surface area contributed by atoms with E-state index in [4.69, 9.17) is 9.15 Å². The molecule has 0 saturated carbocycles. The molecule has 0 saturated heterocycles. The van der Waals surface area contributed by atoms with Crippen LogP contribution in [0.4, 0.5) is 4.39 Å². The van der Waals surface area contributed by atoms with E-state index in [1.165, 1.54) is 25.3 Å². The molecule has 1 aromatic heterocycles. The van der Waals surface area contributed by atoms with E-state index >= 15 is 0 Å². The number of fused-ring (bicyclic) bond motifs is 2. The first kappa shape index (κ1) is 15.2. The van der Waals surface area contributed by atoms with Crippen molar-refractivity contribution < 1.29 is 23.4 Å². The zero-order valence-electron chi connectivity index (χ0n) is 13.0. The Morgan fingerprint density at radius 3 is 2.76 bits per heavy atom. The number of hydrogen-bond donors (Lipinski definition) is 2. The number of amides is 1. The normalized spacial score (nSPS) is 15.9. The number of phenolic OH excluding ortho intramolecular Hbond substituents is 1. The SMILES string of the molecule is COc1cc([C@@H]2NC(=O)c3oc4ccc(F)cc4c(=O)c32)ccc1O. The Kier molecular flexibility index (Phi) is 3.24. The second-order valence-electron chi connectivity index (χ2n) is 5.65. The summed E-state index contributed by atoms with van der Waals surface area (Å²) in [6.45, 7) is 0. The lowest BCUT2D eigenvalue weighted by molar-refractivity contribution is 0.0938. The first-order chi connectivity index (χ1) is 12.0. The average molecular weight is 341 g/mol. The van der Waals surface area contributed by atoms with Crippen LogP contribution < -0.4 is 15.5 Å². The number of aromatic hydroxyl groups is 1. The Morgan fingerprint density at radius 2 is 2.00 bits per heavy atom. The molecule has 0 aliphatic carbocycles. The quantitative estimate of drug-likeness (QED) is 0.747. The summed E-state index contributed by atoms with van der Waals surface area (Å²) in [6.07, 6.45) is 0. The first-order valence-corrected chi connectivity index (χ1v) is 7.43. The third kappa shape index (κ3) is 2.24. The molecule has 3 aromatic rings. The predicted octanol–water partition coefficient (Wildman–Crippen LogP) is 2.48. The number of methoxy groups -OCH3 is 1. The third-order valence-corrected chi connectivity index (χ3v) is 4.19. The highest BCUT2D eigenvalue weighted by Gasteiger charge is 2.36. The van der Waals surface area contributed by atoms with Crippen molar-refractivity contribution in [1.82, 2.24) is 5.32 Å².